The average Bonchev–Trinajstić information content (AvgIpc) is 3.36. The van der Waals surface area contributed by atoms with Crippen molar-refractivity contribution in [3.8, 4) is 11.1 Å². The van der Waals surface area contributed by atoms with Crippen molar-refractivity contribution in [2.45, 2.75) is 56.6 Å². The predicted molar refractivity (Wildman–Crippen MR) is 113 cm³/mol. The first-order chi connectivity index (χ1) is 14.2. The third kappa shape index (κ3) is 3.33. The van der Waals surface area contributed by atoms with E-state index < -0.39 is 0 Å². The van der Waals surface area contributed by atoms with Crippen molar-refractivity contribution in [2.24, 2.45) is 5.92 Å². The molecule has 1 N–H and O–H groups in total. The highest BCUT2D eigenvalue weighted by atomic mass is 16.6. The van der Waals surface area contributed by atoms with E-state index in [0.29, 0.717) is 6.61 Å². The van der Waals surface area contributed by atoms with Gasteiger partial charge in [-0.3, -0.25) is 0 Å². The molecule has 2 aromatic carbocycles. The van der Waals surface area contributed by atoms with Crippen LogP contribution in [-0.2, 0) is 4.74 Å². The molecular formula is C25H29NO3. The van der Waals surface area contributed by atoms with Crippen LogP contribution in [0, 0.1) is 5.92 Å². The van der Waals surface area contributed by atoms with Gasteiger partial charge in [-0.2, -0.15) is 0 Å². The van der Waals surface area contributed by atoms with Crippen LogP contribution in [0.4, 0.5) is 4.79 Å². The fourth-order valence-electron chi connectivity index (χ4n) is 5.73. The molecule has 1 heterocycles. The summed E-state index contributed by atoms with van der Waals surface area (Å²) in [6, 6.07) is 17.0. The van der Waals surface area contributed by atoms with Crippen molar-refractivity contribution in [3.63, 3.8) is 0 Å². The normalized spacial score (nSPS) is 26.2. The van der Waals surface area contributed by atoms with E-state index in [2.05, 4.69) is 48.5 Å². The largest absolute Gasteiger partial charge is 0.448 e. The maximum absolute atomic E-state index is 13.0. The molecule has 0 bridgehead atoms. The minimum Gasteiger partial charge on any atom is -0.448 e. The highest BCUT2D eigenvalue weighted by Crippen LogP contribution is 2.44. The maximum atomic E-state index is 13.0. The summed E-state index contributed by atoms with van der Waals surface area (Å²) in [5, 5.41) is 10.5. The molecule has 29 heavy (non-hydrogen) atoms. The number of fused-ring (bicyclic) bond motifs is 3. The number of amides is 1. The van der Waals surface area contributed by atoms with Gasteiger partial charge in [-0.15, -0.1) is 0 Å². The molecule has 1 saturated carbocycles. The predicted octanol–water partition coefficient (Wildman–Crippen LogP) is 4.95. The van der Waals surface area contributed by atoms with Gasteiger partial charge >= 0.3 is 6.09 Å². The van der Waals surface area contributed by atoms with E-state index in [1.54, 1.807) is 0 Å². The Kier molecular flexibility index (Phi) is 5.04. The zero-order valence-electron chi connectivity index (χ0n) is 16.8. The summed E-state index contributed by atoms with van der Waals surface area (Å²) in [6.07, 6.45) is 5.59. The van der Waals surface area contributed by atoms with Crippen LogP contribution in [-0.4, -0.2) is 41.4 Å². The minimum absolute atomic E-state index is 0.0904. The molecule has 1 saturated heterocycles. The van der Waals surface area contributed by atoms with Gasteiger partial charge in [0.25, 0.3) is 0 Å². The Bertz CT molecular complexity index is 850. The molecule has 2 fully saturated rings. The smallest absolute Gasteiger partial charge is 0.410 e. The summed E-state index contributed by atoms with van der Waals surface area (Å²) >= 11 is 0. The molecule has 3 aliphatic rings. The Morgan fingerprint density at radius 3 is 2.28 bits per heavy atom. The molecule has 0 spiro atoms. The Morgan fingerprint density at radius 2 is 1.59 bits per heavy atom. The molecule has 152 valence electrons. The number of likely N-dealkylation sites (tertiary alicyclic amines) is 1. The summed E-state index contributed by atoms with van der Waals surface area (Å²) in [5.41, 5.74) is 4.96. The second-order valence-electron chi connectivity index (χ2n) is 8.72. The van der Waals surface area contributed by atoms with Crippen molar-refractivity contribution in [3.05, 3.63) is 59.7 Å². The molecule has 4 heteroatoms. The first-order valence-corrected chi connectivity index (χ1v) is 11.0. The monoisotopic (exact) mass is 391 g/mol. The number of aliphatic hydroxyl groups is 1. The number of carbonyl (C=O) groups excluding carboxylic acids is 1. The van der Waals surface area contributed by atoms with Crippen molar-refractivity contribution in [1.29, 1.82) is 0 Å². The van der Waals surface area contributed by atoms with E-state index >= 15 is 0 Å². The van der Waals surface area contributed by atoms with Gasteiger partial charge in [-0.1, -0.05) is 61.4 Å². The van der Waals surface area contributed by atoms with E-state index in [-0.39, 0.29) is 30.1 Å². The lowest BCUT2D eigenvalue weighted by Crippen LogP contribution is -2.45. The van der Waals surface area contributed by atoms with E-state index in [1.165, 1.54) is 22.3 Å². The Labute approximate surface area is 172 Å². The summed E-state index contributed by atoms with van der Waals surface area (Å²) in [4.78, 5) is 14.9. The van der Waals surface area contributed by atoms with Crippen molar-refractivity contribution < 1.29 is 14.6 Å². The molecule has 5 rings (SSSR count). The third-order valence-electron chi connectivity index (χ3n) is 7.15. The molecule has 4 nitrogen and oxygen atoms in total. The number of rotatable bonds is 3. The van der Waals surface area contributed by atoms with Gasteiger partial charge in [0, 0.05) is 24.4 Å². The average molecular weight is 392 g/mol. The first-order valence-electron chi connectivity index (χ1n) is 11.0. The van der Waals surface area contributed by atoms with Crippen LogP contribution in [0.15, 0.2) is 48.5 Å². The highest BCUT2D eigenvalue weighted by Gasteiger charge is 2.40. The molecule has 0 aromatic heterocycles. The summed E-state index contributed by atoms with van der Waals surface area (Å²) < 4.78 is 5.89. The molecule has 3 unspecified atom stereocenters. The number of hydrogen-bond acceptors (Lipinski definition) is 3. The molecular weight excluding hydrogens is 362 g/mol. The van der Waals surface area contributed by atoms with Crippen LogP contribution in [0.25, 0.3) is 11.1 Å². The Balaban J connectivity index is 1.31. The fourth-order valence-corrected chi connectivity index (χ4v) is 5.73. The molecule has 1 aliphatic heterocycles. The zero-order valence-corrected chi connectivity index (χ0v) is 16.8. The van der Waals surface area contributed by atoms with E-state index in [9.17, 15) is 9.90 Å². The van der Waals surface area contributed by atoms with Gasteiger partial charge in [0.15, 0.2) is 0 Å². The zero-order chi connectivity index (χ0) is 19.8. The van der Waals surface area contributed by atoms with Crippen LogP contribution < -0.4 is 0 Å². The maximum Gasteiger partial charge on any atom is 0.410 e. The van der Waals surface area contributed by atoms with Crippen LogP contribution in [0.2, 0.25) is 0 Å². The minimum atomic E-state index is -0.282. The Hall–Kier alpha value is -2.33. The number of nitrogens with zero attached hydrogens (tertiary/aromatic N) is 1. The third-order valence-corrected chi connectivity index (χ3v) is 7.15. The molecule has 2 aliphatic carbocycles. The van der Waals surface area contributed by atoms with Gasteiger partial charge in [-0.05, 0) is 47.9 Å². The second kappa shape index (κ2) is 7.83. The number of hydrogen-bond donors (Lipinski definition) is 1. The molecule has 2 aromatic rings. The van der Waals surface area contributed by atoms with Crippen molar-refractivity contribution in [2.75, 3.05) is 13.2 Å². The van der Waals surface area contributed by atoms with Gasteiger partial charge < -0.3 is 14.7 Å². The van der Waals surface area contributed by atoms with E-state index in [4.69, 9.17) is 4.74 Å². The van der Waals surface area contributed by atoms with Crippen LogP contribution in [0.5, 0.6) is 0 Å². The topological polar surface area (TPSA) is 49.8 Å². The van der Waals surface area contributed by atoms with Crippen molar-refractivity contribution >= 4 is 6.09 Å². The number of ether oxygens (including phenoxy) is 1. The van der Waals surface area contributed by atoms with E-state index in [1.807, 2.05) is 4.90 Å². The number of aliphatic hydroxyl groups excluding tert-OH is 1. The van der Waals surface area contributed by atoms with Crippen LogP contribution >= 0.6 is 0 Å². The SMILES string of the molecule is O=C(OCC1c2ccccc2-c2ccccc21)N1CCCC1C1CCCCC1O. The fraction of sp³-hybridized carbons (Fsp3) is 0.480. The summed E-state index contributed by atoms with van der Waals surface area (Å²) in [5.74, 6) is 0.291. The summed E-state index contributed by atoms with van der Waals surface area (Å²) in [6.45, 7) is 1.11. The Morgan fingerprint density at radius 1 is 0.931 bits per heavy atom. The van der Waals surface area contributed by atoms with Crippen molar-refractivity contribution in [1.82, 2.24) is 4.90 Å². The first kappa shape index (κ1) is 18.7. The standard InChI is InChI=1S/C25H29NO3/c27-24-14-6-5-12-21(24)23-13-7-15-26(23)25(28)29-16-22-19-10-3-1-8-17(19)18-9-2-4-11-20(18)22/h1-4,8-11,21-24,27H,5-7,12-16H2. The second-order valence-corrected chi connectivity index (χ2v) is 8.72. The lowest BCUT2D eigenvalue weighted by atomic mass is 9.80. The van der Waals surface area contributed by atoms with Gasteiger partial charge in [0.05, 0.1) is 6.10 Å². The number of benzene rings is 2. The van der Waals surface area contributed by atoms with Gasteiger partial charge in [0.1, 0.15) is 6.61 Å². The lowest BCUT2D eigenvalue weighted by Gasteiger charge is -2.36. The quantitative estimate of drug-likeness (QED) is 0.805. The molecule has 3 atom stereocenters. The molecule has 0 radical (unpaired) electrons. The van der Waals surface area contributed by atoms with Gasteiger partial charge in [-0.25, -0.2) is 4.79 Å². The lowest BCUT2D eigenvalue weighted by molar-refractivity contribution is 0.0179. The molecule has 1 amide bonds. The number of carbonyl (C=O) groups is 1. The van der Waals surface area contributed by atoms with Crippen LogP contribution in [0.1, 0.15) is 55.6 Å². The summed E-state index contributed by atoms with van der Waals surface area (Å²) in [7, 11) is 0. The van der Waals surface area contributed by atoms with Gasteiger partial charge in [0.2, 0.25) is 0 Å². The highest BCUT2D eigenvalue weighted by molar-refractivity contribution is 5.79. The van der Waals surface area contributed by atoms with E-state index in [0.717, 1.165) is 45.1 Å². The van der Waals surface area contributed by atoms with Crippen LogP contribution in [0.3, 0.4) is 0 Å².